The van der Waals surface area contributed by atoms with Gasteiger partial charge in [-0.1, -0.05) is 36.4 Å². The zero-order valence-corrected chi connectivity index (χ0v) is 21.9. The minimum absolute atomic E-state index is 0. The summed E-state index contributed by atoms with van der Waals surface area (Å²) in [7, 11) is 0. The number of rotatable bonds is 4. The van der Waals surface area contributed by atoms with Gasteiger partial charge in [-0.05, 0) is 35.2 Å². The first-order valence-corrected chi connectivity index (χ1v) is 13.0. The molecule has 5 rings (SSSR count). The summed E-state index contributed by atoms with van der Waals surface area (Å²) in [5.41, 5.74) is 1.80. The van der Waals surface area contributed by atoms with Gasteiger partial charge in [0, 0.05) is 37.9 Å². The fourth-order valence-electron chi connectivity index (χ4n) is 4.44. The molecule has 4 aromatic rings. The minimum atomic E-state index is -0.377. The van der Waals surface area contributed by atoms with Crippen LogP contribution in [0.3, 0.4) is 0 Å². The maximum absolute atomic E-state index is 13.5. The molecular weight excluding hydrogens is 513 g/mol. The summed E-state index contributed by atoms with van der Waals surface area (Å²) in [4.78, 5) is 30.7. The molecule has 0 spiro atoms. The SMILES string of the molecule is CCl.N.N#Cc1c(N2CCN(C(=O)c3cccs3)CC2)c2ccccc2n(Cc2ccc(F)cc2)c1=O. The number of pyridine rings is 1. The number of nitriles is 1. The first kappa shape index (κ1) is 27.9. The zero-order chi connectivity index (χ0) is 25.7. The van der Waals surface area contributed by atoms with E-state index in [1.165, 1.54) is 29.9 Å². The molecule has 1 aliphatic heterocycles. The van der Waals surface area contributed by atoms with E-state index in [0.29, 0.717) is 42.3 Å². The Morgan fingerprint density at radius 3 is 2.32 bits per heavy atom. The van der Waals surface area contributed by atoms with Crippen molar-refractivity contribution < 1.29 is 9.18 Å². The number of hydrogen-bond acceptors (Lipinski definition) is 6. The Morgan fingerprint density at radius 2 is 1.70 bits per heavy atom. The topological polar surface area (TPSA) is 104 Å². The van der Waals surface area contributed by atoms with E-state index in [4.69, 9.17) is 0 Å². The lowest BCUT2D eigenvalue weighted by atomic mass is 10.1. The fraction of sp³-hybridized carbons (Fsp3) is 0.222. The summed E-state index contributed by atoms with van der Waals surface area (Å²) in [6.45, 7) is 2.30. The summed E-state index contributed by atoms with van der Waals surface area (Å²) in [5, 5.41) is 12.7. The van der Waals surface area contributed by atoms with Gasteiger partial charge in [-0.15, -0.1) is 22.9 Å². The van der Waals surface area contributed by atoms with Gasteiger partial charge in [-0.25, -0.2) is 4.39 Å². The summed E-state index contributed by atoms with van der Waals surface area (Å²) in [5.74, 6) is -0.333. The zero-order valence-electron chi connectivity index (χ0n) is 20.4. The largest absolute Gasteiger partial charge is 0.366 e. The summed E-state index contributed by atoms with van der Waals surface area (Å²) in [6.07, 6.45) is 1.47. The highest BCUT2D eigenvalue weighted by Crippen LogP contribution is 2.30. The van der Waals surface area contributed by atoms with Crippen LogP contribution in [0.2, 0.25) is 0 Å². The number of benzene rings is 2. The molecule has 0 aliphatic carbocycles. The van der Waals surface area contributed by atoms with Crippen molar-refractivity contribution in [3.63, 3.8) is 0 Å². The Morgan fingerprint density at radius 1 is 1.03 bits per heavy atom. The Hall–Kier alpha value is -3.71. The molecule has 37 heavy (non-hydrogen) atoms. The van der Waals surface area contributed by atoms with Crippen molar-refractivity contribution in [1.29, 1.82) is 5.26 Å². The second-order valence-electron chi connectivity index (χ2n) is 8.13. The van der Waals surface area contributed by atoms with Crippen LogP contribution in [0.15, 0.2) is 70.8 Å². The second-order valence-corrected chi connectivity index (χ2v) is 9.07. The number of hydrogen-bond donors (Lipinski definition) is 1. The minimum Gasteiger partial charge on any atom is -0.366 e. The number of fused-ring (bicyclic) bond motifs is 1. The van der Waals surface area contributed by atoms with Crippen LogP contribution in [0.4, 0.5) is 10.1 Å². The van der Waals surface area contributed by atoms with Gasteiger partial charge in [0.1, 0.15) is 17.4 Å². The normalized spacial score (nSPS) is 12.8. The molecule has 0 saturated carbocycles. The van der Waals surface area contributed by atoms with E-state index in [9.17, 15) is 19.2 Å². The average molecular weight is 540 g/mol. The molecule has 1 amide bonds. The summed E-state index contributed by atoms with van der Waals surface area (Å²) >= 11 is 6.06. The molecule has 0 bridgehead atoms. The Balaban J connectivity index is 0.00000124. The predicted octanol–water partition coefficient (Wildman–Crippen LogP) is 5.10. The average Bonchev–Trinajstić information content (AvgIpc) is 3.47. The monoisotopic (exact) mass is 539 g/mol. The standard InChI is InChI=1S/C26H21FN4O2S.CH3Cl.H3N/c27-19-9-7-18(8-10-19)17-31-22-5-2-1-4-20(22)24(21(16-28)25(31)32)29-11-13-30(14-12-29)26(33)23-6-3-15-34-23;1-2;/h1-10,15H,11-14,17H2;1H3;1H3. The molecule has 10 heteroatoms. The summed E-state index contributed by atoms with van der Waals surface area (Å²) < 4.78 is 14.9. The highest BCUT2D eigenvalue weighted by molar-refractivity contribution is 7.12. The molecule has 0 radical (unpaired) electrons. The second kappa shape index (κ2) is 12.5. The molecule has 0 unspecified atom stereocenters. The number of aromatic nitrogens is 1. The predicted molar refractivity (Wildman–Crippen MR) is 148 cm³/mol. The first-order chi connectivity index (χ1) is 17.6. The quantitative estimate of drug-likeness (QED) is 0.363. The fourth-order valence-corrected chi connectivity index (χ4v) is 5.13. The smallest absolute Gasteiger partial charge is 0.271 e. The van der Waals surface area contributed by atoms with Crippen molar-refractivity contribution in [3.05, 3.63) is 98.2 Å². The van der Waals surface area contributed by atoms with E-state index in [-0.39, 0.29) is 35.5 Å². The lowest BCUT2D eigenvalue weighted by Crippen LogP contribution is -2.49. The molecule has 192 valence electrons. The highest BCUT2D eigenvalue weighted by Gasteiger charge is 2.27. The molecule has 3 N–H and O–H groups in total. The van der Waals surface area contributed by atoms with E-state index in [2.05, 4.69) is 17.7 Å². The number of halogens is 2. The lowest BCUT2D eigenvalue weighted by Gasteiger charge is -2.37. The van der Waals surface area contributed by atoms with E-state index < -0.39 is 0 Å². The van der Waals surface area contributed by atoms with Crippen molar-refractivity contribution >= 4 is 45.4 Å². The lowest BCUT2D eigenvalue weighted by molar-refractivity contribution is 0.0751. The van der Waals surface area contributed by atoms with E-state index in [0.717, 1.165) is 10.9 Å². The van der Waals surface area contributed by atoms with Crippen molar-refractivity contribution in [3.8, 4) is 6.07 Å². The molecular formula is C27H27ClFN5O2S. The van der Waals surface area contributed by atoms with Crippen LogP contribution >= 0.6 is 22.9 Å². The molecule has 1 fully saturated rings. The highest BCUT2D eigenvalue weighted by atomic mass is 35.5. The molecule has 2 aromatic carbocycles. The van der Waals surface area contributed by atoms with Crippen molar-refractivity contribution in [2.45, 2.75) is 6.54 Å². The third kappa shape index (κ3) is 5.67. The van der Waals surface area contributed by atoms with Crippen LogP contribution in [0, 0.1) is 17.1 Å². The van der Waals surface area contributed by atoms with Crippen LogP contribution < -0.4 is 16.6 Å². The van der Waals surface area contributed by atoms with Gasteiger partial charge in [-0.2, -0.15) is 5.26 Å². The van der Waals surface area contributed by atoms with E-state index >= 15 is 0 Å². The molecule has 2 aromatic heterocycles. The maximum Gasteiger partial charge on any atom is 0.271 e. The van der Waals surface area contributed by atoms with Crippen LogP contribution in [-0.2, 0) is 6.54 Å². The van der Waals surface area contributed by atoms with Crippen molar-refractivity contribution in [2.24, 2.45) is 0 Å². The number of para-hydroxylation sites is 1. The third-order valence-electron chi connectivity index (χ3n) is 6.13. The van der Waals surface area contributed by atoms with Crippen LogP contribution in [0.5, 0.6) is 0 Å². The van der Waals surface area contributed by atoms with Crippen molar-refractivity contribution in [2.75, 3.05) is 37.5 Å². The van der Waals surface area contributed by atoms with Gasteiger partial charge in [0.2, 0.25) is 0 Å². The molecule has 1 saturated heterocycles. The molecule has 1 aliphatic rings. The first-order valence-electron chi connectivity index (χ1n) is 11.3. The van der Waals surface area contributed by atoms with E-state index in [1.54, 1.807) is 16.7 Å². The molecule has 3 heterocycles. The van der Waals surface area contributed by atoms with E-state index in [1.807, 2.05) is 51.6 Å². The Kier molecular flexibility index (Phi) is 9.42. The van der Waals surface area contributed by atoms with Crippen LogP contribution in [0.1, 0.15) is 20.8 Å². The third-order valence-corrected chi connectivity index (χ3v) is 6.98. The number of alkyl halides is 1. The van der Waals surface area contributed by atoms with Crippen LogP contribution in [0.25, 0.3) is 10.9 Å². The van der Waals surface area contributed by atoms with Crippen molar-refractivity contribution in [1.82, 2.24) is 15.6 Å². The van der Waals surface area contributed by atoms with Gasteiger partial charge in [0.15, 0.2) is 0 Å². The summed E-state index contributed by atoms with van der Waals surface area (Å²) in [6, 6.07) is 19.3. The van der Waals surface area contributed by atoms with Gasteiger partial charge in [0.25, 0.3) is 11.5 Å². The van der Waals surface area contributed by atoms with Gasteiger partial charge < -0.3 is 20.5 Å². The van der Waals surface area contributed by atoms with Crippen LogP contribution in [-0.4, -0.2) is 47.9 Å². The van der Waals surface area contributed by atoms with Gasteiger partial charge in [-0.3, -0.25) is 9.59 Å². The number of thiophene rings is 1. The Labute approximate surface area is 223 Å². The Bertz CT molecular complexity index is 1460. The molecule has 7 nitrogen and oxygen atoms in total. The molecule has 0 atom stereocenters. The number of nitrogens with zero attached hydrogens (tertiary/aromatic N) is 4. The number of carbonyl (C=O) groups excluding carboxylic acids is 1. The number of anilines is 1. The van der Waals surface area contributed by atoms with Gasteiger partial charge >= 0.3 is 0 Å². The number of piperazine rings is 1. The number of amides is 1. The van der Waals surface area contributed by atoms with Gasteiger partial charge in [0.05, 0.1) is 22.6 Å². The number of carbonyl (C=O) groups is 1. The maximum atomic E-state index is 13.5.